The quantitative estimate of drug-likeness (QED) is 0.402. The van der Waals surface area contributed by atoms with E-state index >= 15 is 0 Å². The maximum absolute atomic E-state index is 12.9. The Bertz CT molecular complexity index is 1250. The zero-order valence-corrected chi connectivity index (χ0v) is 20.1. The van der Waals surface area contributed by atoms with Gasteiger partial charge in [-0.05, 0) is 42.8 Å². The molecular weight excluding hydrogens is 510 g/mol. The number of benzene rings is 2. The zero-order valence-electron chi connectivity index (χ0n) is 17.8. The topological polar surface area (TPSA) is 92.1 Å². The van der Waals surface area contributed by atoms with E-state index in [1.165, 1.54) is 5.01 Å². The van der Waals surface area contributed by atoms with Gasteiger partial charge in [-0.1, -0.05) is 39.7 Å². The molecule has 0 unspecified atom stereocenters. The number of pyridine rings is 1. The minimum Gasteiger partial charge on any atom is -0.494 e. The van der Waals surface area contributed by atoms with Crippen molar-refractivity contribution in [3.8, 4) is 5.75 Å². The number of carboxylic acids is 1. The van der Waals surface area contributed by atoms with E-state index in [9.17, 15) is 9.59 Å². The number of fused-ring (bicyclic) bond motifs is 1. The van der Waals surface area contributed by atoms with Crippen LogP contribution in [0.3, 0.4) is 0 Å². The largest absolute Gasteiger partial charge is 0.494 e. The summed E-state index contributed by atoms with van der Waals surface area (Å²) >= 11 is 10.0. The third kappa shape index (κ3) is 5.17. The highest BCUT2D eigenvalue weighted by Crippen LogP contribution is 2.38. The molecule has 0 radical (unpaired) electrons. The predicted molar refractivity (Wildman–Crippen MR) is 130 cm³/mol. The predicted octanol–water partition coefficient (Wildman–Crippen LogP) is 5.59. The summed E-state index contributed by atoms with van der Waals surface area (Å²) in [6, 6.07) is 14.6. The van der Waals surface area contributed by atoms with Crippen molar-refractivity contribution in [3.63, 3.8) is 0 Å². The normalized spacial score (nSPS) is 15.5. The number of ether oxygens (including phenoxy) is 1. The summed E-state index contributed by atoms with van der Waals surface area (Å²) < 4.78 is 6.48. The number of hydrazone groups is 1. The molecule has 0 spiro atoms. The van der Waals surface area contributed by atoms with Crippen LogP contribution in [0.5, 0.6) is 5.75 Å². The Balaban J connectivity index is 1.71. The fraction of sp³-hybridized carbons (Fsp3) is 0.250. The number of hydrogen-bond acceptors (Lipinski definition) is 5. The van der Waals surface area contributed by atoms with Gasteiger partial charge in [0, 0.05) is 34.3 Å². The van der Waals surface area contributed by atoms with Gasteiger partial charge in [-0.25, -0.2) is 9.99 Å². The molecule has 3 aromatic rings. The van der Waals surface area contributed by atoms with Crippen LogP contribution in [0.15, 0.2) is 58.1 Å². The fourth-order valence-corrected chi connectivity index (χ4v) is 4.29. The molecule has 0 fully saturated rings. The summed E-state index contributed by atoms with van der Waals surface area (Å²) in [6.07, 6.45) is 0.0127. The molecule has 9 heteroatoms. The van der Waals surface area contributed by atoms with E-state index < -0.39 is 12.0 Å². The van der Waals surface area contributed by atoms with Crippen molar-refractivity contribution < 1.29 is 19.4 Å². The van der Waals surface area contributed by atoms with Crippen molar-refractivity contribution in [2.45, 2.75) is 32.2 Å². The highest BCUT2D eigenvalue weighted by atomic mass is 79.9. The second-order valence-corrected chi connectivity index (χ2v) is 8.84. The maximum atomic E-state index is 12.9. The molecule has 1 aliphatic heterocycles. The lowest BCUT2D eigenvalue weighted by Gasteiger charge is -2.23. The van der Waals surface area contributed by atoms with Gasteiger partial charge in [0.15, 0.2) is 0 Å². The Morgan fingerprint density at radius 3 is 2.64 bits per heavy atom. The van der Waals surface area contributed by atoms with Crippen LogP contribution in [0.1, 0.15) is 43.4 Å². The lowest BCUT2D eigenvalue weighted by Crippen LogP contribution is -2.27. The molecule has 0 saturated heterocycles. The Morgan fingerprint density at radius 1 is 1.18 bits per heavy atom. The van der Waals surface area contributed by atoms with Gasteiger partial charge < -0.3 is 9.84 Å². The molecular formula is C24H21BrClN3O4. The Hall–Kier alpha value is -2.97. The van der Waals surface area contributed by atoms with Crippen molar-refractivity contribution in [2.24, 2.45) is 5.10 Å². The van der Waals surface area contributed by atoms with Gasteiger partial charge in [-0.3, -0.25) is 9.59 Å². The first-order valence-corrected chi connectivity index (χ1v) is 11.6. The summed E-state index contributed by atoms with van der Waals surface area (Å²) in [6.45, 7) is 2.45. The van der Waals surface area contributed by atoms with Gasteiger partial charge in [-0.2, -0.15) is 5.10 Å². The maximum Gasteiger partial charge on any atom is 0.303 e. The van der Waals surface area contributed by atoms with Gasteiger partial charge in [-0.15, -0.1) is 0 Å². The Morgan fingerprint density at radius 2 is 1.94 bits per heavy atom. The lowest BCUT2D eigenvalue weighted by atomic mass is 9.98. The molecule has 1 aliphatic rings. The van der Waals surface area contributed by atoms with Crippen LogP contribution in [-0.2, 0) is 9.59 Å². The molecule has 33 heavy (non-hydrogen) atoms. The zero-order chi connectivity index (χ0) is 23.5. The number of halogens is 2. The van der Waals surface area contributed by atoms with Crippen LogP contribution in [-0.4, -0.2) is 39.3 Å². The molecule has 4 rings (SSSR count). The monoisotopic (exact) mass is 529 g/mol. The number of aromatic nitrogens is 1. The molecule has 2 heterocycles. The second-order valence-electron chi connectivity index (χ2n) is 7.56. The SMILES string of the molecule is CCOc1ccc2cc([C@H]3CC(c4ccc(Br)cc4)=NN3C(=O)CCC(=O)O)c(Cl)nc2c1. The van der Waals surface area contributed by atoms with E-state index in [4.69, 9.17) is 21.4 Å². The Kier molecular flexibility index (Phi) is 6.95. The summed E-state index contributed by atoms with van der Waals surface area (Å²) in [5, 5.41) is 16.1. The number of carboxylic acid groups (broad SMARTS) is 1. The number of carbonyl (C=O) groups is 2. The van der Waals surface area contributed by atoms with Gasteiger partial charge >= 0.3 is 5.97 Å². The number of carbonyl (C=O) groups excluding carboxylic acids is 1. The summed E-state index contributed by atoms with van der Waals surface area (Å²) in [4.78, 5) is 28.5. The smallest absolute Gasteiger partial charge is 0.303 e. The van der Waals surface area contributed by atoms with E-state index in [1.807, 2.05) is 55.5 Å². The molecule has 0 bridgehead atoms. The molecule has 170 valence electrons. The number of rotatable bonds is 7. The third-order valence-electron chi connectivity index (χ3n) is 5.34. The van der Waals surface area contributed by atoms with Crippen molar-refractivity contribution in [1.29, 1.82) is 0 Å². The average molecular weight is 531 g/mol. The molecule has 0 saturated carbocycles. The molecule has 0 aliphatic carbocycles. The van der Waals surface area contributed by atoms with Crippen LogP contribution in [0.2, 0.25) is 5.15 Å². The van der Waals surface area contributed by atoms with Gasteiger partial charge in [0.1, 0.15) is 10.9 Å². The van der Waals surface area contributed by atoms with E-state index in [0.717, 1.165) is 21.1 Å². The van der Waals surface area contributed by atoms with Crippen LogP contribution in [0.4, 0.5) is 0 Å². The van der Waals surface area contributed by atoms with Gasteiger partial charge in [0.25, 0.3) is 0 Å². The van der Waals surface area contributed by atoms with Crippen LogP contribution >= 0.6 is 27.5 Å². The minimum absolute atomic E-state index is 0.153. The molecule has 1 N–H and O–H groups in total. The molecule has 1 amide bonds. The Labute approximate surface area is 204 Å². The highest BCUT2D eigenvalue weighted by molar-refractivity contribution is 9.10. The van der Waals surface area contributed by atoms with Gasteiger partial charge in [0.2, 0.25) is 5.91 Å². The van der Waals surface area contributed by atoms with Gasteiger partial charge in [0.05, 0.1) is 30.3 Å². The first kappa shape index (κ1) is 23.2. The van der Waals surface area contributed by atoms with E-state index in [2.05, 4.69) is 26.0 Å². The fourth-order valence-electron chi connectivity index (χ4n) is 3.76. The minimum atomic E-state index is -1.04. The van der Waals surface area contributed by atoms with E-state index in [-0.39, 0.29) is 23.9 Å². The third-order valence-corrected chi connectivity index (χ3v) is 6.17. The molecule has 1 aromatic heterocycles. The van der Waals surface area contributed by atoms with Crippen molar-refractivity contribution in [3.05, 3.63) is 69.3 Å². The van der Waals surface area contributed by atoms with E-state index in [1.54, 1.807) is 0 Å². The summed E-state index contributed by atoms with van der Waals surface area (Å²) in [5.74, 6) is -0.711. The van der Waals surface area contributed by atoms with Crippen molar-refractivity contribution in [1.82, 2.24) is 9.99 Å². The molecule has 2 aromatic carbocycles. The first-order valence-electron chi connectivity index (χ1n) is 10.5. The average Bonchev–Trinajstić information content (AvgIpc) is 3.23. The van der Waals surface area contributed by atoms with Crippen LogP contribution < -0.4 is 4.74 Å². The number of nitrogens with zero attached hydrogens (tertiary/aromatic N) is 3. The standard InChI is InChI=1S/C24H21BrClN3O4/c1-2-33-17-8-5-15-11-18(24(26)27-19(15)12-17)21-13-20(14-3-6-16(25)7-4-14)28-29(21)22(30)9-10-23(31)32/h3-8,11-12,21H,2,9-10,13H2,1H3,(H,31,32)/t21-/m1/s1. The lowest BCUT2D eigenvalue weighted by molar-refractivity contribution is -0.141. The van der Waals surface area contributed by atoms with Crippen molar-refractivity contribution >= 4 is 56.0 Å². The first-order chi connectivity index (χ1) is 15.9. The van der Waals surface area contributed by atoms with E-state index in [0.29, 0.717) is 29.9 Å². The number of hydrogen-bond donors (Lipinski definition) is 1. The molecule has 1 atom stereocenters. The van der Waals surface area contributed by atoms with Crippen molar-refractivity contribution in [2.75, 3.05) is 6.61 Å². The van der Waals surface area contributed by atoms with Crippen LogP contribution in [0.25, 0.3) is 10.9 Å². The molecule has 7 nitrogen and oxygen atoms in total. The second kappa shape index (κ2) is 9.89. The highest BCUT2D eigenvalue weighted by Gasteiger charge is 2.35. The summed E-state index contributed by atoms with van der Waals surface area (Å²) in [5.41, 5.74) is 2.94. The number of aliphatic carboxylic acids is 1. The summed E-state index contributed by atoms with van der Waals surface area (Å²) in [7, 11) is 0. The van der Waals surface area contributed by atoms with Crippen LogP contribution in [0, 0.1) is 0 Å². The number of amides is 1.